The first-order valence-electron chi connectivity index (χ1n) is 11.9. The SMILES string of the molecule is CC(C)Cc1ccc(C(C)C(=O)NC(=S)Nc2ccccc2C(=O)NC2CCCCC2)cc1. The largest absolute Gasteiger partial charge is 0.349 e. The van der Waals surface area contributed by atoms with Crippen molar-refractivity contribution in [2.75, 3.05) is 5.32 Å². The van der Waals surface area contributed by atoms with Crippen molar-refractivity contribution in [3.63, 3.8) is 0 Å². The zero-order chi connectivity index (χ0) is 23.8. The van der Waals surface area contributed by atoms with Gasteiger partial charge in [0.05, 0.1) is 17.2 Å². The second-order valence-electron chi connectivity index (χ2n) is 9.36. The van der Waals surface area contributed by atoms with E-state index in [4.69, 9.17) is 12.2 Å². The molecule has 2 aromatic carbocycles. The fourth-order valence-corrected chi connectivity index (χ4v) is 4.45. The highest BCUT2D eigenvalue weighted by Gasteiger charge is 2.20. The molecule has 1 fully saturated rings. The van der Waals surface area contributed by atoms with Gasteiger partial charge in [-0.1, -0.05) is 69.5 Å². The molecule has 33 heavy (non-hydrogen) atoms. The van der Waals surface area contributed by atoms with Gasteiger partial charge in [-0.05, 0) is 67.6 Å². The Balaban J connectivity index is 1.58. The second-order valence-corrected chi connectivity index (χ2v) is 9.77. The predicted molar refractivity (Wildman–Crippen MR) is 139 cm³/mol. The van der Waals surface area contributed by atoms with E-state index in [0.29, 0.717) is 17.2 Å². The van der Waals surface area contributed by atoms with Crippen molar-refractivity contribution >= 4 is 34.8 Å². The lowest BCUT2D eigenvalue weighted by Crippen LogP contribution is -2.38. The van der Waals surface area contributed by atoms with Crippen molar-refractivity contribution in [3.8, 4) is 0 Å². The molecule has 6 heteroatoms. The van der Waals surface area contributed by atoms with E-state index in [9.17, 15) is 9.59 Å². The molecule has 0 spiro atoms. The highest BCUT2D eigenvalue weighted by molar-refractivity contribution is 7.80. The van der Waals surface area contributed by atoms with E-state index in [2.05, 4.69) is 41.9 Å². The lowest BCUT2D eigenvalue weighted by molar-refractivity contribution is -0.120. The Morgan fingerprint density at radius 1 is 0.970 bits per heavy atom. The molecule has 176 valence electrons. The first-order chi connectivity index (χ1) is 15.8. The Bertz CT molecular complexity index is 966. The van der Waals surface area contributed by atoms with Crippen molar-refractivity contribution in [1.29, 1.82) is 0 Å². The van der Waals surface area contributed by atoms with Crippen LogP contribution in [0.1, 0.15) is 80.3 Å². The molecule has 5 nitrogen and oxygen atoms in total. The van der Waals surface area contributed by atoms with E-state index < -0.39 is 0 Å². The summed E-state index contributed by atoms with van der Waals surface area (Å²) in [4.78, 5) is 25.6. The van der Waals surface area contributed by atoms with Crippen LogP contribution in [0.2, 0.25) is 0 Å². The van der Waals surface area contributed by atoms with Crippen molar-refractivity contribution in [2.45, 2.75) is 71.3 Å². The summed E-state index contributed by atoms with van der Waals surface area (Å²) >= 11 is 5.38. The van der Waals surface area contributed by atoms with Gasteiger partial charge >= 0.3 is 0 Å². The van der Waals surface area contributed by atoms with Crippen molar-refractivity contribution in [3.05, 3.63) is 65.2 Å². The molecule has 0 aliphatic heterocycles. The van der Waals surface area contributed by atoms with E-state index in [1.807, 2.05) is 31.2 Å². The summed E-state index contributed by atoms with van der Waals surface area (Å²) in [6, 6.07) is 15.6. The smallest absolute Gasteiger partial charge is 0.253 e. The number of hydrogen-bond acceptors (Lipinski definition) is 3. The molecular weight excluding hydrogens is 430 g/mol. The van der Waals surface area contributed by atoms with Gasteiger partial charge < -0.3 is 16.0 Å². The first-order valence-corrected chi connectivity index (χ1v) is 12.3. The number of hydrogen-bond donors (Lipinski definition) is 3. The highest BCUT2D eigenvalue weighted by atomic mass is 32.1. The number of carbonyl (C=O) groups is 2. The van der Waals surface area contributed by atoms with Gasteiger partial charge in [0.25, 0.3) is 5.91 Å². The standard InChI is InChI=1S/C27H35N3O2S/c1-18(2)17-20-13-15-21(16-14-20)19(3)25(31)30-27(33)29-24-12-8-7-11-23(24)26(32)28-22-9-5-4-6-10-22/h7-8,11-16,18-19,22H,4-6,9-10,17H2,1-3H3,(H,28,32)(H2,29,30,31,33). The molecule has 2 aromatic rings. The summed E-state index contributed by atoms with van der Waals surface area (Å²) < 4.78 is 0. The minimum absolute atomic E-state index is 0.117. The maximum atomic E-state index is 12.8. The maximum Gasteiger partial charge on any atom is 0.253 e. The lowest BCUT2D eigenvalue weighted by Gasteiger charge is -2.23. The van der Waals surface area contributed by atoms with Crippen molar-refractivity contribution in [1.82, 2.24) is 10.6 Å². The molecule has 1 atom stereocenters. The predicted octanol–water partition coefficient (Wildman–Crippen LogP) is 5.56. The van der Waals surface area contributed by atoms with Gasteiger partial charge in [-0.2, -0.15) is 0 Å². The third kappa shape index (κ3) is 7.39. The minimum atomic E-state index is -0.345. The molecule has 1 saturated carbocycles. The number of benzene rings is 2. The molecule has 3 N–H and O–H groups in total. The average molecular weight is 466 g/mol. The normalized spacial score (nSPS) is 15.0. The Labute approximate surface area is 202 Å². The van der Waals surface area contributed by atoms with Crippen LogP contribution in [-0.4, -0.2) is 23.0 Å². The second kappa shape index (κ2) is 11.9. The lowest BCUT2D eigenvalue weighted by atomic mass is 9.95. The topological polar surface area (TPSA) is 70.2 Å². The van der Waals surface area contributed by atoms with E-state index in [0.717, 1.165) is 37.7 Å². The number of thiocarbonyl (C=S) groups is 1. The van der Waals surface area contributed by atoms with E-state index >= 15 is 0 Å². The Hall–Kier alpha value is -2.73. The fraction of sp³-hybridized carbons (Fsp3) is 0.444. The summed E-state index contributed by atoms with van der Waals surface area (Å²) in [6.07, 6.45) is 6.60. The van der Waals surface area contributed by atoms with E-state index in [1.54, 1.807) is 12.1 Å². The van der Waals surface area contributed by atoms with Gasteiger partial charge in [-0.15, -0.1) is 0 Å². The molecule has 0 radical (unpaired) electrons. The molecule has 1 unspecified atom stereocenters. The molecule has 0 bridgehead atoms. The zero-order valence-electron chi connectivity index (χ0n) is 19.8. The number of nitrogens with one attached hydrogen (secondary N) is 3. The summed E-state index contributed by atoms with van der Waals surface area (Å²) in [7, 11) is 0. The fourth-order valence-electron chi connectivity index (χ4n) is 4.24. The van der Waals surface area contributed by atoms with E-state index in [1.165, 1.54) is 12.0 Å². The maximum absolute atomic E-state index is 12.8. The van der Waals surface area contributed by atoms with Gasteiger partial charge in [0.1, 0.15) is 0 Å². The summed E-state index contributed by atoms with van der Waals surface area (Å²) in [5, 5.41) is 9.12. The van der Waals surface area contributed by atoms with Crippen LogP contribution in [0, 0.1) is 5.92 Å². The summed E-state index contributed by atoms with van der Waals surface area (Å²) in [6.45, 7) is 6.24. The van der Waals surface area contributed by atoms with Crippen LogP contribution in [0.4, 0.5) is 5.69 Å². The number of para-hydroxylation sites is 1. The number of amides is 2. The molecule has 0 aromatic heterocycles. The van der Waals surface area contributed by atoms with Crippen molar-refractivity contribution < 1.29 is 9.59 Å². The average Bonchev–Trinajstić information content (AvgIpc) is 2.79. The van der Waals surface area contributed by atoms with Gasteiger partial charge in [-0.25, -0.2) is 0 Å². The van der Waals surface area contributed by atoms with Crippen LogP contribution in [0.3, 0.4) is 0 Å². The Morgan fingerprint density at radius 2 is 1.64 bits per heavy atom. The van der Waals surface area contributed by atoms with Gasteiger partial charge in [0.15, 0.2) is 5.11 Å². The van der Waals surface area contributed by atoms with Crippen LogP contribution in [-0.2, 0) is 11.2 Å². The third-order valence-electron chi connectivity index (χ3n) is 6.11. The number of carbonyl (C=O) groups excluding carboxylic acids is 2. The zero-order valence-corrected chi connectivity index (χ0v) is 20.6. The monoisotopic (exact) mass is 465 g/mol. The van der Waals surface area contributed by atoms with Crippen LogP contribution in [0.25, 0.3) is 0 Å². The molecule has 1 aliphatic rings. The summed E-state index contributed by atoms with van der Waals surface area (Å²) in [5.74, 6) is -0.0578. The summed E-state index contributed by atoms with van der Waals surface area (Å²) in [5.41, 5.74) is 3.31. The number of rotatable bonds is 7. The van der Waals surface area contributed by atoms with Crippen LogP contribution >= 0.6 is 12.2 Å². The third-order valence-corrected chi connectivity index (χ3v) is 6.32. The molecule has 2 amide bonds. The minimum Gasteiger partial charge on any atom is -0.349 e. The molecule has 1 aliphatic carbocycles. The van der Waals surface area contributed by atoms with Crippen LogP contribution in [0.5, 0.6) is 0 Å². The van der Waals surface area contributed by atoms with Crippen LogP contribution < -0.4 is 16.0 Å². The Morgan fingerprint density at radius 3 is 2.30 bits per heavy atom. The van der Waals surface area contributed by atoms with Gasteiger partial charge in [0, 0.05) is 6.04 Å². The molecular formula is C27H35N3O2S. The van der Waals surface area contributed by atoms with Gasteiger partial charge in [-0.3, -0.25) is 9.59 Å². The highest BCUT2D eigenvalue weighted by Crippen LogP contribution is 2.21. The molecule has 0 saturated heterocycles. The van der Waals surface area contributed by atoms with Gasteiger partial charge in [0.2, 0.25) is 5.91 Å². The Kier molecular flexibility index (Phi) is 9.01. The molecule has 0 heterocycles. The quantitative estimate of drug-likeness (QED) is 0.468. The van der Waals surface area contributed by atoms with Crippen LogP contribution in [0.15, 0.2) is 48.5 Å². The van der Waals surface area contributed by atoms with E-state index in [-0.39, 0.29) is 28.9 Å². The number of anilines is 1. The molecule has 3 rings (SSSR count). The van der Waals surface area contributed by atoms with Crippen molar-refractivity contribution in [2.24, 2.45) is 5.92 Å². The first kappa shape index (κ1) is 24.9.